The summed E-state index contributed by atoms with van der Waals surface area (Å²) in [5.41, 5.74) is 2.51. The molecule has 1 aromatic carbocycles. The van der Waals surface area contributed by atoms with Gasteiger partial charge in [-0.25, -0.2) is 8.78 Å². The van der Waals surface area contributed by atoms with Crippen LogP contribution < -0.4 is 10.6 Å². The van der Waals surface area contributed by atoms with E-state index in [2.05, 4.69) is 10.6 Å². The van der Waals surface area contributed by atoms with Gasteiger partial charge in [-0.2, -0.15) is 0 Å². The van der Waals surface area contributed by atoms with Crippen LogP contribution in [-0.2, 0) is 6.42 Å². The maximum absolute atomic E-state index is 11.9. The van der Waals surface area contributed by atoms with Gasteiger partial charge < -0.3 is 10.6 Å². The van der Waals surface area contributed by atoms with E-state index in [9.17, 15) is 13.6 Å². The number of fused-ring (bicyclic) bond motifs is 1. The second kappa shape index (κ2) is 5.82. The molecule has 1 aliphatic rings. The molecule has 0 aromatic heterocycles. The van der Waals surface area contributed by atoms with Crippen molar-refractivity contribution in [3.8, 4) is 0 Å². The highest BCUT2D eigenvalue weighted by atomic mass is 35.5. The molecule has 1 aromatic rings. The summed E-state index contributed by atoms with van der Waals surface area (Å²) in [6, 6.07) is 5.19. The van der Waals surface area contributed by atoms with Crippen LogP contribution >= 0.6 is 12.4 Å². The third-order valence-corrected chi connectivity index (χ3v) is 2.49. The highest BCUT2D eigenvalue weighted by molar-refractivity contribution is 5.95. The molecule has 0 radical (unpaired) electrons. The van der Waals surface area contributed by atoms with E-state index in [0.29, 0.717) is 5.56 Å². The first kappa shape index (κ1) is 13.7. The molecule has 1 aliphatic heterocycles. The van der Waals surface area contributed by atoms with Crippen molar-refractivity contribution in [2.24, 2.45) is 0 Å². The predicted molar refractivity (Wildman–Crippen MR) is 64.2 cm³/mol. The van der Waals surface area contributed by atoms with Gasteiger partial charge in [-0.3, -0.25) is 4.79 Å². The summed E-state index contributed by atoms with van der Waals surface area (Å²) in [6.07, 6.45) is -1.65. The van der Waals surface area contributed by atoms with Gasteiger partial charge in [0.05, 0.1) is 6.54 Å². The Balaban J connectivity index is 0.00000144. The maximum atomic E-state index is 11.9. The smallest absolute Gasteiger partial charge is 0.255 e. The lowest BCUT2D eigenvalue weighted by atomic mass is 10.1. The molecule has 0 fully saturated rings. The lowest BCUT2D eigenvalue weighted by molar-refractivity contribution is 0.0891. The summed E-state index contributed by atoms with van der Waals surface area (Å²) < 4.78 is 23.8. The van der Waals surface area contributed by atoms with E-state index in [1.54, 1.807) is 18.2 Å². The Hall–Kier alpha value is -1.36. The van der Waals surface area contributed by atoms with Crippen molar-refractivity contribution in [2.45, 2.75) is 12.8 Å². The molecule has 0 unspecified atom stereocenters. The van der Waals surface area contributed by atoms with Crippen molar-refractivity contribution in [3.63, 3.8) is 0 Å². The van der Waals surface area contributed by atoms with Crippen LogP contribution in [0.4, 0.5) is 14.5 Å². The molecule has 0 spiro atoms. The third-order valence-electron chi connectivity index (χ3n) is 2.49. The number of nitrogens with one attached hydrogen (secondary N) is 2. The standard InChI is InChI=1S/C11H12F2N2O.ClH/c12-10(13)6-15-11(16)8-1-2-9-7(5-8)3-4-14-9;/h1-2,5,10,14H,3-4,6H2,(H,15,16);1H. The van der Waals surface area contributed by atoms with Gasteiger partial charge in [-0.15, -0.1) is 12.4 Å². The number of halogens is 3. The van der Waals surface area contributed by atoms with Gasteiger partial charge in [0.2, 0.25) is 0 Å². The fourth-order valence-electron chi connectivity index (χ4n) is 1.72. The van der Waals surface area contributed by atoms with Gasteiger partial charge in [-0.1, -0.05) is 0 Å². The highest BCUT2D eigenvalue weighted by Gasteiger charge is 2.14. The van der Waals surface area contributed by atoms with Crippen molar-refractivity contribution in [1.29, 1.82) is 0 Å². The van der Waals surface area contributed by atoms with Crippen molar-refractivity contribution in [2.75, 3.05) is 18.4 Å². The van der Waals surface area contributed by atoms with E-state index in [1.807, 2.05) is 0 Å². The average molecular weight is 263 g/mol. The maximum Gasteiger partial charge on any atom is 0.255 e. The lowest BCUT2D eigenvalue weighted by Gasteiger charge is -2.06. The fraction of sp³-hybridized carbons (Fsp3) is 0.364. The number of rotatable bonds is 3. The third kappa shape index (κ3) is 3.30. The Morgan fingerprint density at radius 2 is 2.24 bits per heavy atom. The average Bonchev–Trinajstić information content (AvgIpc) is 2.72. The minimum absolute atomic E-state index is 0. The molecule has 0 aliphatic carbocycles. The van der Waals surface area contributed by atoms with Crippen LogP contribution in [0.2, 0.25) is 0 Å². The molecule has 6 heteroatoms. The van der Waals surface area contributed by atoms with Crippen LogP contribution in [0.5, 0.6) is 0 Å². The van der Waals surface area contributed by atoms with Crippen LogP contribution in [0.15, 0.2) is 18.2 Å². The molecule has 0 saturated heterocycles. The molecule has 2 rings (SSSR count). The number of alkyl halides is 2. The molecule has 0 bridgehead atoms. The van der Waals surface area contributed by atoms with Crippen LogP contribution in [0.25, 0.3) is 0 Å². The number of benzene rings is 1. The first-order chi connectivity index (χ1) is 7.66. The molecule has 94 valence electrons. The monoisotopic (exact) mass is 262 g/mol. The number of carbonyl (C=O) groups excluding carboxylic acids is 1. The fourth-order valence-corrected chi connectivity index (χ4v) is 1.72. The minimum Gasteiger partial charge on any atom is -0.384 e. The molecule has 3 nitrogen and oxygen atoms in total. The summed E-state index contributed by atoms with van der Waals surface area (Å²) in [5, 5.41) is 5.34. The zero-order chi connectivity index (χ0) is 11.5. The topological polar surface area (TPSA) is 41.1 Å². The van der Waals surface area contributed by atoms with Gasteiger partial charge in [-0.05, 0) is 30.2 Å². The molecule has 17 heavy (non-hydrogen) atoms. The van der Waals surface area contributed by atoms with Gasteiger partial charge in [0.1, 0.15) is 0 Å². The molecular weight excluding hydrogens is 250 g/mol. The Bertz CT molecular complexity index is 412. The summed E-state index contributed by atoms with van der Waals surface area (Å²) >= 11 is 0. The zero-order valence-electron chi connectivity index (χ0n) is 9.00. The van der Waals surface area contributed by atoms with Crippen LogP contribution in [0, 0.1) is 0 Å². The summed E-state index contributed by atoms with van der Waals surface area (Å²) in [5.74, 6) is -0.449. The molecule has 0 atom stereocenters. The molecule has 1 amide bonds. The van der Waals surface area contributed by atoms with E-state index in [1.165, 1.54) is 0 Å². The first-order valence-electron chi connectivity index (χ1n) is 5.10. The van der Waals surface area contributed by atoms with Crippen molar-refractivity contribution in [1.82, 2.24) is 5.32 Å². The molecule has 0 saturated carbocycles. The molecule has 1 heterocycles. The number of hydrogen-bond donors (Lipinski definition) is 2. The summed E-state index contributed by atoms with van der Waals surface area (Å²) in [6.45, 7) is 0.256. The Labute approximate surface area is 104 Å². The Morgan fingerprint density at radius 3 is 2.94 bits per heavy atom. The Morgan fingerprint density at radius 1 is 1.47 bits per heavy atom. The largest absolute Gasteiger partial charge is 0.384 e. The van der Waals surface area contributed by atoms with Crippen molar-refractivity contribution >= 4 is 24.0 Å². The second-order valence-corrected chi connectivity index (χ2v) is 3.65. The number of anilines is 1. The van der Waals surface area contributed by atoms with Crippen molar-refractivity contribution in [3.05, 3.63) is 29.3 Å². The minimum atomic E-state index is -2.51. The number of hydrogen-bond acceptors (Lipinski definition) is 2. The van der Waals surface area contributed by atoms with E-state index >= 15 is 0 Å². The summed E-state index contributed by atoms with van der Waals surface area (Å²) in [7, 11) is 0. The second-order valence-electron chi connectivity index (χ2n) is 3.65. The SMILES string of the molecule is Cl.O=C(NCC(F)F)c1ccc2c(c1)CCN2. The van der Waals surface area contributed by atoms with Gasteiger partial charge in [0.15, 0.2) is 0 Å². The van der Waals surface area contributed by atoms with Crippen molar-refractivity contribution < 1.29 is 13.6 Å². The van der Waals surface area contributed by atoms with E-state index in [4.69, 9.17) is 0 Å². The van der Waals surface area contributed by atoms with Gasteiger partial charge >= 0.3 is 0 Å². The number of carbonyl (C=O) groups is 1. The quantitative estimate of drug-likeness (QED) is 0.876. The normalized spacial score (nSPS) is 12.6. The molecule has 2 N–H and O–H groups in total. The van der Waals surface area contributed by atoms with E-state index in [-0.39, 0.29) is 12.4 Å². The predicted octanol–water partition coefficient (Wildman–Crippen LogP) is 2.07. The van der Waals surface area contributed by atoms with Crippen LogP contribution in [0.3, 0.4) is 0 Å². The summed E-state index contributed by atoms with van der Waals surface area (Å²) in [4.78, 5) is 11.5. The van der Waals surface area contributed by atoms with Crippen LogP contribution in [0.1, 0.15) is 15.9 Å². The van der Waals surface area contributed by atoms with Crippen LogP contribution in [-0.4, -0.2) is 25.4 Å². The zero-order valence-corrected chi connectivity index (χ0v) is 9.82. The van der Waals surface area contributed by atoms with Gasteiger partial charge in [0.25, 0.3) is 12.3 Å². The lowest BCUT2D eigenvalue weighted by Crippen LogP contribution is -2.28. The first-order valence-corrected chi connectivity index (χ1v) is 5.10. The van der Waals surface area contributed by atoms with Gasteiger partial charge in [0, 0.05) is 17.8 Å². The number of amides is 1. The highest BCUT2D eigenvalue weighted by Crippen LogP contribution is 2.22. The Kier molecular flexibility index (Phi) is 4.69. The molecular formula is C11H13ClF2N2O. The van der Waals surface area contributed by atoms with E-state index < -0.39 is 18.9 Å². The van der Waals surface area contributed by atoms with E-state index in [0.717, 1.165) is 24.2 Å².